The third-order valence-corrected chi connectivity index (χ3v) is 12.3. The molecule has 3 N–H and O–H groups in total. The smallest absolute Gasteiger partial charge is 0.229 e. The van der Waals surface area contributed by atoms with Gasteiger partial charge in [-0.2, -0.15) is 4.99 Å². The molecule has 1 fully saturated rings. The molecule has 5 aromatic carbocycles. The number of nitrogens with zero attached hydrogens (tertiary/aromatic N) is 4. The summed E-state index contributed by atoms with van der Waals surface area (Å²) in [5.74, 6) is 1.83. The van der Waals surface area contributed by atoms with Crippen molar-refractivity contribution in [3.05, 3.63) is 160 Å². The molecule has 49 heavy (non-hydrogen) atoms. The predicted octanol–water partition coefficient (Wildman–Crippen LogP) is 7.43. The first-order chi connectivity index (χ1) is 24.1. The van der Waals surface area contributed by atoms with E-state index < -0.39 is 5.54 Å². The highest BCUT2D eigenvalue weighted by atomic mass is 15.4. The van der Waals surface area contributed by atoms with Crippen LogP contribution in [-0.2, 0) is 31.2 Å². The largest absolute Gasteiger partial charge is 0.344 e. The van der Waals surface area contributed by atoms with Crippen molar-refractivity contribution in [2.24, 2.45) is 15.7 Å². The Balaban J connectivity index is 1.11. The molecule has 0 radical (unpaired) electrons. The highest BCUT2D eigenvalue weighted by Crippen LogP contribution is 2.62. The summed E-state index contributed by atoms with van der Waals surface area (Å²) in [6, 6.07) is 42.2. The SMILES string of the molecule is NC12CCC3C(c4cc5c(cc4N3C3=NC(c4ccccc4)NC(c4ccccc4)=N3)CC5)C1N(c1ccccc1)c1cc3c(cc12)CC3. The standard InChI is InChI=1S/C43H38N6/c44-43-21-20-35-38(39(43)48(32-14-8-3-9-15-32)37-25-31-19-17-29(31)23-34(37)43)33-22-28-16-18-30(28)24-36(33)49(35)42-46-40(26-10-4-1-5-11-26)45-41(47-42)27-12-6-2-7-13-27/h1-15,22-25,35,38-40H,16-21,44H2,(H,45,46,47). The number of hydrogen-bond donors (Lipinski definition) is 2. The summed E-state index contributed by atoms with van der Waals surface area (Å²) in [7, 11) is 0. The van der Waals surface area contributed by atoms with Crippen molar-refractivity contribution in [1.82, 2.24) is 5.32 Å². The van der Waals surface area contributed by atoms with Gasteiger partial charge >= 0.3 is 0 Å². The molecule has 0 bridgehead atoms. The van der Waals surface area contributed by atoms with Gasteiger partial charge in [-0.15, -0.1) is 0 Å². The molecule has 1 saturated carbocycles. The van der Waals surface area contributed by atoms with Gasteiger partial charge in [-0.1, -0.05) is 91.0 Å². The van der Waals surface area contributed by atoms with E-state index in [1.165, 1.54) is 50.4 Å². The molecule has 6 aliphatic rings. The lowest BCUT2D eigenvalue weighted by Gasteiger charge is -2.48. The number of para-hydroxylation sites is 1. The van der Waals surface area contributed by atoms with E-state index in [1.54, 1.807) is 0 Å². The third-order valence-electron chi connectivity index (χ3n) is 12.3. The van der Waals surface area contributed by atoms with Gasteiger partial charge in [-0.05, 0) is 102 Å². The van der Waals surface area contributed by atoms with E-state index in [2.05, 4.69) is 130 Å². The summed E-state index contributed by atoms with van der Waals surface area (Å²) in [5.41, 5.74) is 22.0. The summed E-state index contributed by atoms with van der Waals surface area (Å²) >= 11 is 0. The van der Waals surface area contributed by atoms with E-state index in [0.29, 0.717) is 0 Å². The highest BCUT2D eigenvalue weighted by Gasteiger charge is 2.61. The number of benzene rings is 5. The van der Waals surface area contributed by atoms with Crippen LogP contribution in [0.3, 0.4) is 0 Å². The molecule has 240 valence electrons. The molecule has 3 aliphatic carbocycles. The zero-order valence-corrected chi connectivity index (χ0v) is 27.4. The molecule has 5 atom stereocenters. The van der Waals surface area contributed by atoms with Crippen molar-refractivity contribution in [2.75, 3.05) is 9.80 Å². The van der Waals surface area contributed by atoms with Gasteiger partial charge in [0, 0.05) is 34.6 Å². The second kappa shape index (κ2) is 10.2. The van der Waals surface area contributed by atoms with Crippen LogP contribution in [0.25, 0.3) is 0 Å². The Morgan fingerprint density at radius 3 is 2.04 bits per heavy atom. The van der Waals surface area contributed by atoms with Crippen molar-refractivity contribution >= 4 is 28.9 Å². The molecule has 0 aromatic heterocycles. The number of anilines is 3. The zero-order valence-electron chi connectivity index (χ0n) is 27.4. The van der Waals surface area contributed by atoms with Gasteiger partial charge in [0.05, 0.1) is 11.6 Å². The number of rotatable bonds is 3. The van der Waals surface area contributed by atoms with Crippen molar-refractivity contribution in [3.63, 3.8) is 0 Å². The predicted molar refractivity (Wildman–Crippen MR) is 197 cm³/mol. The van der Waals surface area contributed by atoms with E-state index in [-0.39, 0.29) is 24.2 Å². The van der Waals surface area contributed by atoms with Gasteiger partial charge in [0.25, 0.3) is 0 Å². The molecule has 11 rings (SSSR count). The minimum Gasteiger partial charge on any atom is -0.344 e. The maximum Gasteiger partial charge on any atom is 0.229 e. The number of aryl methyl sites for hydroxylation is 4. The zero-order chi connectivity index (χ0) is 32.3. The van der Waals surface area contributed by atoms with Gasteiger partial charge in [0.15, 0.2) is 0 Å². The molecule has 5 unspecified atom stereocenters. The van der Waals surface area contributed by atoms with Gasteiger partial charge in [-0.25, -0.2) is 4.99 Å². The molecular formula is C43H38N6. The van der Waals surface area contributed by atoms with Gasteiger partial charge in [0.1, 0.15) is 12.0 Å². The fraction of sp³-hybridized carbons (Fsp3) is 0.256. The highest BCUT2D eigenvalue weighted by molar-refractivity contribution is 6.12. The average Bonchev–Trinajstić information content (AvgIpc) is 3.58. The summed E-state index contributed by atoms with van der Waals surface area (Å²) in [6.07, 6.45) is 6.20. The molecule has 6 heteroatoms. The first-order valence-corrected chi connectivity index (χ1v) is 17.9. The van der Waals surface area contributed by atoms with Crippen LogP contribution in [0.5, 0.6) is 0 Å². The molecule has 3 heterocycles. The Morgan fingerprint density at radius 1 is 0.694 bits per heavy atom. The molecule has 5 aromatic rings. The lowest BCUT2D eigenvalue weighted by atomic mass is 9.66. The van der Waals surface area contributed by atoms with Gasteiger partial charge in [0.2, 0.25) is 5.96 Å². The number of amidine groups is 1. The minimum absolute atomic E-state index is 0.0662. The number of aliphatic imine (C=N–C) groups is 2. The van der Waals surface area contributed by atoms with Gasteiger partial charge in [-0.3, -0.25) is 0 Å². The average molecular weight is 639 g/mol. The fourth-order valence-corrected chi connectivity index (χ4v) is 9.70. The first-order valence-electron chi connectivity index (χ1n) is 17.9. The Bertz CT molecular complexity index is 2210. The van der Waals surface area contributed by atoms with E-state index in [0.717, 1.165) is 61.4 Å². The molecule has 6 nitrogen and oxygen atoms in total. The third kappa shape index (κ3) is 3.92. The van der Waals surface area contributed by atoms with E-state index in [9.17, 15) is 0 Å². The van der Waals surface area contributed by atoms with Crippen LogP contribution in [0.2, 0.25) is 0 Å². The van der Waals surface area contributed by atoms with Crippen LogP contribution < -0.4 is 20.9 Å². The number of hydrogen-bond acceptors (Lipinski definition) is 6. The minimum atomic E-state index is -0.464. The van der Waals surface area contributed by atoms with E-state index >= 15 is 0 Å². The van der Waals surface area contributed by atoms with Crippen LogP contribution in [-0.4, -0.2) is 23.9 Å². The first kappa shape index (κ1) is 27.7. The van der Waals surface area contributed by atoms with Crippen LogP contribution in [0.1, 0.15) is 69.4 Å². The monoisotopic (exact) mass is 638 g/mol. The Kier molecular flexibility index (Phi) is 5.75. The Morgan fingerprint density at radius 2 is 1.33 bits per heavy atom. The molecule has 0 saturated heterocycles. The van der Waals surface area contributed by atoms with Crippen molar-refractivity contribution in [3.8, 4) is 0 Å². The number of nitrogens with two attached hydrogens (primary N) is 1. The maximum atomic E-state index is 7.83. The summed E-state index contributed by atoms with van der Waals surface area (Å²) in [4.78, 5) is 15.9. The van der Waals surface area contributed by atoms with E-state index in [4.69, 9.17) is 15.7 Å². The second-order valence-corrected chi connectivity index (χ2v) is 14.7. The van der Waals surface area contributed by atoms with Crippen LogP contribution >= 0.6 is 0 Å². The summed E-state index contributed by atoms with van der Waals surface area (Å²) < 4.78 is 0. The maximum absolute atomic E-state index is 7.83. The van der Waals surface area contributed by atoms with Crippen LogP contribution in [0, 0.1) is 0 Å². The van der Waals surface area contributed by atoms with Crippen LogP contribution in [0.4, 0.5) is 17.1 Å². The second-order valence-electron chi connectivity index (χ2n) is 14.7. The molecule has 0 amide bonds. The van der Waals surface area contributed by atoms with Crippen molar-refractivity contribution in [2.45, 2.75) is 68.2 Å². The molecular weight excluding hydrogens is 601 g/mol. The summed E-state index contributed by atoms with van der Waals surface area (Å²) in [5, 5.41) is 3.67. The Hall–Kier alpha value is -5.20. The summed E-state index contributed by atoms with van der Waals surface area (Å²) in [6.45, 7) is 0. The molecule has 0 spiro atoms. The number of fused-ring (bicyclic) bond motifs is 9. The quantitative estimate of drug-likeness (QED) is 0.216. The van der Waals surface area contributed by atoms with Gasteiger partial charge < -0.3 is 20.9 Å². The normalized spacial score (nSPS) is 26.8. The topological polar surface area (TPSA) is 69.2 Å². The lowest BCUT2D eigenvalue weighted by molar-refractivity contribution is 0.228. The molecule has 3 aliphatic heterocycles. The number of guanidine groups is 1. The lowest BCUT2D eigenvalue weighted by Crippen LogP contribution is -2.60. The van der Waals surface area contributed by atoms with E-state index in [1.807, 2.05) is 0 Å². The van der Waals surface area contributed by atoms with Crippen molar-refractivity contribution < 1.29 is 0 Å². The Labute approximate surface area is 287 Å². The van der Waals surface area contributed by atoms with Crippen molar-refractivity contribution in [1.29, 1.82) is 0 Å². The number of nitrogens with one attached hydrogen (secondary N) is 1. The fourth-order valence-electron chi connectivity index (χ4n) is 9.70. The van der Waals surface area contributed by atoms with Crippen LogP contribution in [0.15, 0.2) is 125 Å².